The van der Waals surface area contributed by atoms with Gasteiger partial charge in [0.15, 0.2) is 22.2 Å². The number of fused-ring (bicyclic) bond motifs is 2. The van der Waals surface area contributed by atoms with E-state index in [2.05, 4.69) is 0 Å². The highest BCUT2D eigenvalue weighted by molar-refractivity contribution is 7.91. The van der Waals surface area contributed by atoms with Gasteiger partial charge in [0.2, 0.25) is 5.79 Å². The van der Waals surface area contributed by atoms with Crippen LogP contribution in [0.25, 0.3) is 0 Å². The van der Waals surface area contributed by atoms with Gasteiger partial charge < -0.3 is 14.0 Å². The van der Waals surface area contributed by atoms with E-state index in [1.54, 1.807) is 6.07 Å². The van der Waals surface area contributed by atoms with Crippen molar-refractivity contribution in [3.8, 4) is 0 Å². The van der Waals surface area contributed by atoms with Gasteiger partial charge in [-0.2, -0.15) is 0 Å². The Kier molecular flexibility index (Phi) is 4.31. The minimum absolute atomic E-state index is 0.155. The number of carbonyl (C=O) groups is 4. The highest BCUT2D eigenvalue weighted by Gasteiger charge is 2.48. The number of carbonyl (C=O) groups excluding carboxylic acids is 4. The largest absolute Gasteiger partial charge is 0.611 e. The van der Waals surface area contributed by atoms with Crippen LogP contribution in [0.15, 0.2) is 23.1 Å². The lowest BCUT2D eigenvalue weighted by Crippen LogP contribution is -2.40. The maximum Gasteiger partial charge on any atom is 0.204 e. The molecule has 1 unspecified atom stereocenters. The van der Waals surface area contributed by atoms with E-state index in [0.717, 1.165) is 0 Å². The van der Waals surface area contributed by atoms with E-state index >= 15 is 0 Å². The smallest absolute Gasteiger partial charge is 0.204 e. The van der Waals surface area contributed by atoms with Crippen molar-refractivity contribution in [2.24, 2.45) is 5.92 Å². The molecule has 0 N–H and O–H groups in total. The van der Waals surface area contributed by atoms with Gasteiger partial charge in [-0.05, 0) is 29.4 Å². The van der Waals surface area contributed by atoms with Crippen LogP contribution in [-0.2, 0) is 40.8 Å². The van der Waals surface area contributed by atoms with Crippen molar-refractivity contribution < 1.29 is 33.2 Å². The second-order valence-electron chi connectivity index (χ2n) is 6.58. The lowest BCUT2D eigenvalue weighted by Gasteiger charge is -2.34. The molecule has 3 aliphatic rings. The molecule has 1 spiro atoms. The van der Waals surface area contributed by atoms with E-state index in [0.29, 0.717) is 35.8 Å². The summed E-state index contributed by atoms with van der Waals surface area (Å²) in [5.74, 6) is -4.52. The molecule has 7 nitrogen and oxygen atoms in total. The fraction of sp³-hybridized carbons (Fsp3) is 0.444. The van der Waals surface area contributed by atoms with Crippen molar-refractivity contribution in [2.75, 3.05) is 19.0 Å². The minimum atomic E-state index is -1.44. The van der Waals surface area contributed by atoms with Gasteiger partial charge in [-0.25, -0.2) is 0 Å². The molecule has 2 fully saturated rings. The van der Waals surface area contributed by atoms with Crippen LogP contribution in [0.3, 0.4) is 0 Å². The van der Waals surface area contributed by atoms with Gasteiger partial charge in [-0.1, -0.05) is 0 Å². The van der Waals surface area contributed by atoms with Crippen molar-refractivity contribution in [3.63, 3.8) is 0 Å². The van der Waals surface area contributed by atoms with Gasteiger partial charge in [0.25, 0.3) is 0 Å². The summed E-state index contributed by atoms with van der Waals surface area (Å²) in [6.45, 7) is 0.790. The average molecular weight is 376 g/mol. The van der Waals surface area contributed by atoms with Crippen molar-refractivity contribution >= 4 is 34.3 Å². The lowest BCUT2D eigenvalue weighted by atomic mass is 9.80. The van der Waals surface area contributed by atoms with Crippen LogP contribution >= 0.6 is 0 Å². The second kappa shape index (κ2) is 6.38. The first-order valence-electron chi connectivity index (χ1n) is 8.33. The van der Waals surface area contributed by atoms with Gasteiger partial charge in [-0.3, -0.25) is 19.2 Å². The number of hydrogen-bond acceptors (Lipinski definition) is 7. The molecule has 0 bridgehead atoms. The van der Waals surface area contributed by atoms with Crippen LogP contribution in [0.1, 0.15) is 35.2 Å². The van der Waals surface area contributed by atoms with Crippen molar-refractivity contribution in [3.05, 3.63) is 29.3 Å². The summed E-state index contributed by atoms with van der Waals surface area (Å²) in [7, 11) is 0. The molecule has 1 saturated carbocycles. The molecule has 1 saturated heterocycles. The monoisotopic (exact) mass is 376 g/mol. The van der Waals surface area contributed by atoms with E-state index in [-0.39, 0.29) is 5.56 Å². The molecular weight excluding hydrogens is 360 g/mol. The zero-order valence-electron chi connectivity index (χ0n) is 13.8. The first-order chi connectivity index (χ1) is 12.4. The maximum atomic E-state index is 12.8. The summed E-state index contributed by atoms with van der Waals surface area (Å²) in [5, 5.41) is 0. The van der Waals surface area contributed by atoms with E-state index in [4.69, 9.17) is 9.47 Å². The molecule has 8 heteroatoms. The summed E-state index contributed by atoms with van der Waals surface area (Å²) in [5.41, 5.74) is 0.666. The summed E-state index contributed by atoms with van der Waals surface area (Å²) in [4.78, 5) is 48.8. The molecule has 0 radical (unpaired) electrons. The molecule has 4 rings (SSSR count). The number of benzene rings is 1. The highest BCUT2D eigenvalue weighted by Crippen LogP contribution is 2.43. The number of ketones is 4. The predicted octanol–water partition coefficient (Wildman–Crippen LogP) is 0.697. The van der Waals surface area contributed by atoms with Crippen LogP contribution < -0.4 is 0 Å². The summed E-state index contributed by atoms with van der Waals surface area (Å²) in [6, 6.07) is 4.54. The molecule has 1 aliphatic carbocycles. The van der Waals surface area contributed by atoms with Crippen LogP contribution in [0.4, 0.5) is 0 Å². The van der Waals surface area contributed by atoms with E-state index in [1.807, 2.05) is 0 Å². The third kappa shape index (κ3) is 2.73. The number of ether oxygens (including phenoxy) is 2. The molecule has 2 aliphatic heterocycles. The van der Waals surface area contributed by atoms with Gasteiger partial charge in [0.05, 0.1) is 38.0 Å². The van der Waals surface area contributed by atoms with E-state index in [1.165, 1.54) is 12.1 Å². The first-order valence-corrected chi connectivity index (χ1v) is 9.65. The third-order valence-corrected chi connectivity index (χ3v) is 6.36. The Hall–Kier alpha value is -1.87. The molecule has 0 aromatic heterocycles. The zero-order valence-corrected chi connectivity index (χ0v) is 14.6. The lowest BCUT2D eigenvalue weighted by molar-refractivity contribution is -0.170. The van der Waals surface area contributed by atoms with Crippen LogP contribution in [-0.4, -0.2) is 46.7 Å². The Labute approximate surface area is 152 Å². The number of rotatable bonds is 2. The molecule has 0 amide bonds. The molecule has 1 aromatic carbocycles. The fourth-order valence-corrected chi connectivity index (χ4v) is 5.05. The van der Waals surface area contributed by atoms with Crippen LogP contribution in [0.2, 0.25) is 0 Å². The predicted molar refractivity (Wildman–Crippen MR) is 88.0 cm³/mol. The molecule has 1 atom stereocenters. The van der Waals surface area contributed by atoms with E-state index < -0.39 is 58.9 Å². The molecular formula is C18H16O7S. The third-order valence-electron chi connectivity index (χ3n) is 4.94. The Morgan fingerprint density at radius 1 is 1.12 bits per heavy atom. The quantitative estimate of drug-likeness (QED) is 0.424. The van der Waals surface area contributed by atoms with Gasteiger partial charge >= 0.3 is 0 Å². The van der Waals surface area contributed by atoms with E-state index in [9.17, 15) is 23.7 Å². The Morgan fingerprint density at radius 2 is 1.77 bits per heavy atom. The second-order valence-corrected chi connectivity index (χ2v) is 8.12. The number of hydrogen-bond donors (Lipinski definition) is 0. The van der Waals surface area contributed by atoms with Crippen LogP contribution in [0, 0.1) is 5.92 Å². The Morgan fingerprint density at radius 3 is 2.42 bits per heavy atom. The summed E-state index contributed by atoms with van der Waals surface area (Å²) < 4.78 is 23.8. The zero-order chi connectivity index (χ0) is 18.5. The molecule has 2 heterocycles. The first kappa shape index (κ1) is 17.5. The SMILES string of the molecule is O=C1CC(=O)C(C(=O)c2ccc3c(c2)C2(CC[S+]3[O-])OCCO2)C(=O)C1. The van der Waals surface area contributed by atoms with Gasteiger partial charge in [0.1, 0.15) is 17.5 Å². The van der Waals surface area contributed by atoms with Crippen LogP contribution in [0.5, 0.6) is 0 Å². The standard InChI is InChI=1S/C18H16O7S/c19-11-8-13(20)16(14(21)9-11)17(22)10-1-2-15-12(7-10)18(3-6-26(15)23)24-4-5-25-18/h1-2,7,16H,3-6,8-9H2. The Bertz CT molecular complexity index is 805. The minimum Gasteiger partial charge on any atom is -0.611 e. The van der Waals surface area contributed by atoms with Crippen molar-refractivity contribution in [1.29, 1.82) is 0 Å². The Balaban J connectivity index is 1.72. The van der Waals surface area contributed by atoms with Crippen molar-refractivity contribution in [1.82, 2.24) is 0 Å². The summed E-state index contributed by atoms with van der Waals surface area (Å²) >= 11 is -1.23. The van der Waals surface area contributed by atoms with Gasteiger partial charge in [-0.15, -0.1) is 0 Å². The normalized spacial score (nSPS) is 25.6. The molecule has 136 valence electrons. The fourth-order valence-electron chi connectivity index (χ4n) is 3.70. The summed E-state index contributed by atoms with van der Waals surface area (Å²) in [6.07, 6.45) is -0.388. The molecule has 26 heavy (non-hydrogen) atoms. The topological polar surface area (TPSA) is 110 Å². The van der Waals surface area contributed by atoms with Gasteiger partial charge in [0, 0.05) is 5.56 Å². The average Bonchev–Trinajstić information content (AvgIpc) is 3.07. The van der Waals surface area contributed by atoms with Crippen molar-refractivity contribution in [2.45, 2.75) is 29.9 Å². The molecule has 1 aromatic rings. The maximum absolute atomic E-state index is 12.8. The highest BCUT2D eigenvalue weighted by atomic mass is 32.2. The number of Topliss-reactive ketones (excluding diaryl/α,β-unsaturated/α-hetero) is 4.